The maximum absolute atomic E-state index is 14.5. The molecule has 1 aromatic heterocycles. The van der Waals surface area contributed by atoms with Gasteiger partial charge in [0.05, 0.1) is 28.2 Å². The molecule has 0 aliphatic heterocycles. The Balaban J connectivity index is 2.08. The van der Waals surface area contributed by atoms with Crippen LogP contribution in [0.5, 0.6) is 0 Å². The van der Waals surface area contributed by atoms with E-state index in [2.05, 4.69) is 0 Å². The number of fused-ring (bicyclic) bond motifs is 3. The van der Waals surface area contributed by atoms with E-state index in [4.69, 9.17) is 17.3 Å². The van der Waals surface area contributed by atoms with E-state index in [1.807, 2.05) is 0 Å². The lowest BCUT2D eigenvalue weighted by Crippen LogP contribution is -2.14. The van der Waals surface area contributed by atoms with Gasteiger partial charge in [0, 0.05) is 21.9 Å². The molecule has 0 spiro atoms. The predicted molar refractivity (Wildman–Crippen MR) is 103 cm³/mol. The summed E-state index contributed by atoms with van der Waals surface area (Å²) in [6.07, 6.45) is -4.72. The molecule has 0 aliphatic rings. The van der Waals surface area contributed by atoms with Crippen molar-refractivity contribution in [3.63, 3.8) is 0 Å². The molecule has 0 fully saturated rings. The van der Waals surface area contributed by atoms with Crippen LogP contribution in [0, 0.1) is 5.82 Å². The monoisotopic (exact) mass is 420 g/mol. The van der Waals surface area contributed by atoms with Crippen LogP contribution in [0.25, 0.3) is 21.8 Å². The first-order valence-corrected chi connectivity index (χ1v) is 8.91. The molecule has 0 aliphatic carbocycles. The molecular formula is C21H13ClF4N2O. The summed E-state index contributed by atoms with van der Waals surface area (Å²) in [6.45, 7) is -0.423. The third-order valence-corrected chi connectivity index (χ3v) is 5.17. The summed E-state index contributed by atoms with van der Waals surface area (Å²) in [4.78, 5) is 11.9. The van der Waals surface area contributed by atoms with Crippen LogP contribution >= 0.6 is 11.6 Å². The van der Waals surface area contributed by atoms with Gasteiger partial charge in [0.1, 0.15) is 5.82 Å². The van der Waals surface area contributed by atoms with E-state index in [-0.39, 0.29) is 10.6 Å². The van der Waals surface area contributed by atoms with Crippen molar-refractivity contribution < 1.29 is 22.4 Å². The predicted octanol–water partition coefficient (Wildman–Crippen LogP) is 5.75. The van der Waals surface area contributed by atoms with E-state index in [0.717, 1.165) is 18.2 Å². The lowest BCUT2D eigenvalue weighted by Gasteiger charge is -2.16. The molecule has 3 aromatic carbocycles. The van der Waals surface area contributed by atoms with Gasteiger partial charge in [-0.05, 0) is 30.3 Å². The highest BCUT2D eigenvalue weighted by Crippen LogP contribution is 2.38. The molecule has 3 nitrogen and oxygen atoms in total. The fraction of sp³-hybridized carbons (Fsp3) is 0.0952. The lowest BCUT2D eigenvalue weighted by molar-refractivity contribution is -0.138. The summed E-state index contributed by atoms with van der Waals surface area (Å²) in [5.41, 5.74) is 4.95. The minimum atomic E-state index is -4.72. The zero-order valence-corrected chi connectivity index (χ0v) is 15.5. The fourth-order valence-corrected chi connectivity index (χ4v) is 3.95. The van der Waals surface area contributed by atoms with Crippen molar-refractivity contribution in [2.75, 3.05) is 0 Å². The van der Waals surface area contributed by atoms with Crippen LogP contribution in [-0.4, -0.2) is 10.5 Å². The third kappa shape index (κ3) is 3.11. The number of halogens is 5. The van der Waals surface area contributed by atoms with Crippen molar-refractivity contribution in [3.8, 4) is 0 Å². The molecule has 2 N–H and O–H groups in total. The number of rotatable bonds is 3. The van der Waals surface area contributed by atoms with Gasteiger partial charge < -0.3 is 10.3 Å². The topological polar surface area (TPSA) is 48.0 Å². The smallest absolute Gasteiger partial charge is 0.366 e. The number of hydrogen-bond donors (Lipinski definition) is 1. The summed E-state index contributed by atoms with van der Waals surface area (Å²) in [5, 5.41) is 1.27. The zero-order chi connectivity index (χ0) is 20.9. The second-order valence-electron chi connectivity index (χ2n) is 6.55. The van der Waals surface area contributed by atoms with E-state index in [1.54, 1.807) is 30.3 Å². The van der Waals surface area contributed by atoms with E-state index < -0.39 is 35.6 Å². The van der Waals surface area contributed by atoms with Crippen LogP contribution in [0.4, 0.5) is 17.6 Å². The highest BCUT2D eigenvalue weighted by molar-refractivity contribution is 6.37. The van der Waals surface area contributed by atoms with Crippen LogP contribution in [-0.2, 0) is 12.7 Å². The standard InChI is InChI=1S/C21H13ClF4N2O/c22-15-7-1-4-11-18-12(20(27)29)5-2-9-17(18)28(19(11)15)10-13-14(21(24,25)26)6-3-8-16(13)23/h1-9H,10H2,(H2,27,29). The molecule has 0 unspecified atom stereocenters. The number of amides is 1. The number of nitrogens with zero attached hydrogens (tertiary/aromatic N) is 1. The molecule has 1 heterocycles. The van der Waals surface area contributed by atoms with E-state index in [0.29, 0.717) is 21.8 Å². The first-order valence-electron chi connectivity index (χ1n) is 8.54. The van der Waals surface area contributed by atoms with Crippen LogP contribution in [0.2, 0.25) is 5.02 Å². The highest BCUT2D eigenvalue weighted by Gasteiger charge is 2.35. The van der Waals surface area contributed by atoms with Gasteiger partial charge in [0.25, 0.3) is 0 Å². The number of alkyl halides is 3. The number of benzene rings is 3. The van der Waals surface area contributed by atoms with Crippen LogP contribution in [0.3, 0.4) is 0 Å². The average molecular weight is 421 g/mol. The van der Waals surface area contributed by atoms with E-state index in [1.165, 1.54) is 10.6 Å². The Morgan fingerprint density at radius 1 is 1.03 bits per heavy atom. The largest absolute Gasteiger partial charge is 0.416 e. The number of primary amides is 1. The summed E-state index contributed by atoms with van der Waals surface area (Å²) >= 11 is 6.35. The van der Waals surface area contributed by atoms with Gasteiger partial charge in [-0.15, -0.1) is 0 Å². The number of carbonyl (C=O) groups is 1. The Morgan fingerprint density at radius 2 is 1.72 bits per heavy atom. The Labute approximate surface area is 167 Å². The Bertz CT molecular complexity index is 1280. The molecule has 4 rings (SSSR count). The summed E-state index contributed by atoms with van der Waals surface area (Å²) in [7, 11) is 0. The number of nitrogens with two attached hydrogens (primary N) is 1. The molecule has 29 heavy (non-hydrogen) atoms. The number of hydrogen-bond acceptors (Lipinski definition) is 1. The first-order chi connectivity index (χ1) is 13.7. The molecule has 4 aromatic rings. The van der Waals surface area contributed by atoms with E-state index in [9.17, 15) is 22.4 Å². The molecule has 0 radical (unpaired) electrons. The second kappa shape index (κ2) is 6.77. The van der Waals surface area contributed by atoms with Crippen LogP contribution in [0.1, 0.15) is 21.5 Å². The number of aromatic nitrogens is 1. The Hall–Kier alpha value is -3.06. The third-order valence-electron chi connectivity index (χ3n) is 4.87. The first kappa shape index (κ1) is 19.3. The van der Waals surface area contributed by atoms with Crippen molar-refractivity contribution in [1.82, 2.24) is 4.57 Å². The van der Waals surface area contributed by atoms with Crippen LogP contribution < -0.4 is 5.73 Å². The van der Waals surface area contributed by atoms with Crippen molar-refractivity contribution in [2.24, 2.45) is 5.73 Å². The molecule has 148 valence electrons. The van der Waals surface area contributed by atoms with E-state index >= 15 is 0 Å². The number of carbonyl (C=O) groups excluding carboxylic acids is 1. The fourth-order valence-electron chi connectivity index (χ4n) is 3.67. The molecule has 1 amide bonds. The zero-order valence-electron chi connectivity index (χ0n) is 14.7. The lowest BCUT2D eigenvalue weighted by atomic mass is 10.1. The van der Waals surface area contributed by atoms with Gasteiger partial charge in [-0.3, -0.25) is 4.79 Å². The summed E-state index contributed by atoms with van der Waals surface area (Å²) in [6, 6.07) is 12.5. The van der Waals surface area contributed by atoms with Gasteiger partial charge >= 0.3 is 6.18 Å². The molecule has 8 heteroatoms. The maximum atomic E-state index is 14.5. The van der Waals surface area contributed by atoms with Crippen molar-refractivity contribution in [2.45, 2.75) is 12.7 Å². The highest BCUT2D eigenvalue weighted by atomic mass is 35.5. The summed E-state index contributed by atoms with van der Waals surface area (Å²) in [5.74, 6) is -1.66. The Morgan fingerprint density at radius 3 is 2.41 bits per heavy atom. The normalized spacial score (nSPS) is 12.0. The van der Waals surface area contributed by atoms with Crippen molar-refractivity contribution in [1.29, 1.82) is 0 Å². The van der Waals surface area contributed by atoms with Gasteiger partial charge in [-0.25, -0.2) is 4.39 Å². The molecule has 0 saturated heterocycles. The minimum absolute atomic E-state index is 0.207. The van der Waals surface area contributed by atoms with Gasteiger partial charge in [-0.2, -0.15) is 13.2 Å². The van der Waals surface area contributed by atoms with Gasteiger partial charge in [0.2, 0.25) is 5.91 Å². The van der Waals surface area contributed by atoms with Gasteiger partial charge in [0.15, 0.2) is 0 Å². The minimum Gasteiger partial charge on any atom is -0.366 e. The maximum Gasteiger partial charge on any atom is 0.416 e. The number of para-hydroxylation sites is 1. The van der Waals surface area contributed by atoms with Crippen molar-refractivity contribution >= 4 is 39.3 Å². The molecule has 0 bridgehead atoms. The second-order valence-corrected chi connectivity index (χ2v) is 6.96. The van der Waals surface area contributed by atoms with Crippen molar-refractivity contribution in [3.05, 3.63) is 82.1 Å². The molecule has 0 atom stereocenters. The van der Waals surface area contributed by atoms with Gasteiger partial charge in [-0.1, -0.05) is 35.9 Å². The quantitative estimate of drug-likeness (QED) is 0.421. The molecular weight excluding hydrogens is 408 g/mol. The summed E-state index contributed by atoms with van der Waals surface area (Å²) < 4.78 is 56.4. The SMILES string of the molecule is NC(=O)c1cccc2c1c1cccc(Cl)c1n2Cc1c(F)cccc1C(F)(F)F. The average Bonchev–Trinajstić information content (AvgIpc) is 2.97. The molecule has 0 saturated carbocycles. The van der Waals surface area contributed by atoms with Crippen LogP contribution in [0.15, 0.2) is 54.6 Å². The Kier molecular flexibility index (Phi) is 4.50.